The van der Waals surface area contributed by atoms with Gasteiger partial charge in [-0.05, 0) is 37.3 Å². The summed E-state index contributed by atoms with van der Waals surface area (Å²) in [6.45, 7) is 2.86. The van der Waals surface area contributed by atoms with E-state index in [0.29, 0.717) is 18.8 Å². The third-order valence-corrected chi connectivity index (χ3v) is 3.15. The number of benzene rings is 1. The standard InChI is InChI=1S/C15H20N2O3/c1-11-2-5-15(20-11)13-10-12(3-4-14(13)16)17(6-8-18)7-9-19/h2-5,10,18-19H,6-9,16H2,1H3. The van der Waals surface area contributed by atoms with Crippen molar-refractivity contribution in [2.45, 2.75) is 6.92 Å². The van der Waals surface area contributed by atoms with Crippen LogP contribution in [0, 0.1) is 6.92 Å². The summed E-state index contributed by atoms with van der Waals surface area (Å²) in [5, 5.41) is 18.2. The molecule has 1 heterocycles. The highest BCUT2D eigenvalue weighted by Crippen LogP contribution is 2.31. The molecule has 4 N–H and O–H groups in total. The van der Waals surface area contributed by atoms with Crippen LogP contribution in [-0.4, -0.2) is 36.5 Å². The minimum atomic E-state index is 0.0274. The number of hydrogen-bond donors (Lipinski definition) is 3. The lowest BCUT2D eigenvalue weighted by Crippen LogP contribution is -2.29. The SMILES string of the molecule is Cc1ccc(-c2cc(N(CCO)CCO)ccc2N)o1. The van der Waals surface area contributed by atoms with Gasteiger partial charge in [-0.2, -0.15) is 0 Å². The zero-order valence-corrected chi connectivity index (χ0v) is 11.5. The highest BCUT2D eigenvalue weighted by atomic mass is 16.3. The highest BCUT2D eigenvalue weighted by Gasteiger charge is 2.11. The van der Waals surface area contributed by atoms with Gasteiger partial charge in [0.15, 0.2) is 0 Å². The Labute approximate surface area is 118 Å². The maximum Gasteiger partial charge on any atom is 0.136 e. The molecular formula is C15H20N2O3. The maximum atomic E-state index is 9.10. The fraction of sp³-hybridized carbons (Fsp3) is 0.333. The van der Waals surface area contributed by atoms with Gasteiger partial charge >= 0.3 is 0 Å². The smallest absolute Gasteiger partial charge is 0.136 e. The van der Waals surface area contributed by atoms with Crippen LogP contribution >= 0.6 is 0 Å². The highest BCUT2D eigenvalue weighted by molar-refractivity contribution is 5.77. The Hall–Kier alpha value is -1.98. The molecule has 2 rings (SSSR count). The molecule has 0 aliphatic rings. The number of aliphatic hydroxyl groups is 2. The lowest BCUT2D eigenvalue weighted by atomic mass is 10.1. The molecule has 0 atom stereocenters. The van der Waals surface area contributed by atoms with Crippen LogP contribution in [0.4, 0.5) is 11.4 Å². The summed E-state index contributed by atoms with van der Waals surface area (Å²) in [6, 6.07) is 9.37. The number of aryl methyl sites for hydroxylation is 1. The molecule has 1 aromatic carbocycles. The molecule has 5 nitrogen and oxygen atoms in total. The number of furan rings is 1. The number of nitrogens with two attached hydrogens (primary N) is 1. The van der Waals surface area contributed by atoms with Crippen LogP contribution in [0.2, 0.25) is 0 Å². The van der Waals surface area contributed by atoms with Crippen LogP contribution in [0.25, 0.3) is 11.3 Å². The molecule has 0 amide bonds. The fourth-order valence-electron chi connectivity index (χ4n) is 2.15. The van der Waals surface area contributed by atoms with Crippen molar-refractivity contribution in [2.24, 2.45) is 0 Å². The maximum absolute atomic E-state index is 9.10. The van der Waals surface area contributed by atoms with Crippen LogP contribution in [-0.2, 0) is 0 Å². The molecule has 0 saturated heterocycles. The van der Waals surface area contributed by atoms with E-state index in [1.165, 1.54) is 0 Å². The molecule has 1 aromatic heterocycles. The molecule has 5 heteroatoms. The molecule has 20 heavy (non-hydrogen) atoms. The van der Waals surface area contributed by atoms with Crippen molar-refractivity contribution in [1.29, 1.82) is 0 Å². The number of aliphatic hydroxyl groups excluding tert-OH is 2. The van der Waals surface area contributed by atoms with Crippen LogP contribution < -0.4 is 10.6 Å². The van der Waals surface area contributed by atoms with Crippen molar-refractivity contribution in [3.63, 3.8) is 0 Å². The van der Waals surface area contributed by atoms with E-state index in [1.54, 1.807) is 0 Å². The third kappa shape index (κ3) is 3.12. The predicted molar refractivity (Wildman–Crippen MR) is 79.7 cm³/mol. The van der Waals surface area contributed by atoms with Crippen molar-refractivity contribution in [1.82, 2.24) is 0 Å². The Morgan fingerprint density at radius 3 is 2.35 bits per heavy atom. The van der Waals surface area contributed by atoms with Crippen molar-refractivity contribution in [3.05, 3.63) is 36.1 Å². The molecule has 108 valence electrons. The van der Waals surface area contributed by atoms with E-state index in [2.05, 4.69) is 0 Å². The normalized spacial score (nSPS) is 10.8. The Bertz CT molecular complexity index is 560. The van der Waals surface area contributed by atoms with Gasteiger partial charge < -0.3 is 25.3 Å². The minimum absolute atomic E-state index is 0.0274. The van der Waals surface area contributed by atoms with Gasteiger partial charge in [-0.1, -0.05) is 0 Å². The summed E-state index contributed by atoms with van der Waals surface area (Å²) >= 11 is 0. The quantitative estimate of drug-likeness (QED) is 0.698. The minimum Gasteiger partial charge on any atom is -0.461 e. The van der Waals surface area contributed by atoms with Gasteiger partial charge in [0, 0.05) is 30.0 Å². The van der Waals surface area contributed by atoms with E-state index in [4.69, 9.17) is 20.4 Å². The molecule has 0 saturated carbocycles. The Morgan fingerprint density at radius 2 is 1.80 bits per heavy atom. The monoisotopic (exact) mass is 276 g/mol. The summed E-state index contributed by atoms with van der Waals surface area (Å²) in [7, 11) is 0. The lowest BCUT2D eigenvalue weighted by molar-refractivity contribution is 0.281. The summed E-state index contributed by atoms with van der Waals surface area (Å²) in [5.74, 6) is 1.54. The van der Waals surface area contributed by atoms with Gasteiger partial charge in [-0.25, -0.2) is 0 Å². The van der Waals surface area contributed by atoms with Crippen molar-refractivity contribution in [3.8, 4) is 11.3 Å². The van der Waals surface area contributed by atoms with E-state index >= 15 is 0 Å². The molecule has 0 radical (unpaired) electrons. The Balaban J connectivity index is 2.36. The van der Waals surface area contributed by atoms with Gasteiger partial charge in [-0.15, -0.1) is 0 Å². The second kappa shape index (κ2) is 6.45. The molecular weight excluding hydrogens is 256 g/mol. The Morgan fingerprint density at radius 1 is 1.10 bits per heavy atom. The largest absolute Gasteiger partial charge is 0.461 e. The van der Waals surface area contributed by atoms with Gasteiger partial charge in [0.1, 0.15) is 11.5 Å². The summed E-state index contributed by atoms with van der Waals surface area (Å²) in [5.41, 5.74) is 8.35. The number of rotatable bonds is 6. The Kier molecular flexibility index (Phi) is 4.65. The first kappa shape index (κ1) is 14.4. The van der Waals surface area contributed by atoms with E-state index in [9.17, 15) is 0 Å². The predicted octanol–water partition coefficient (Wildman–Crippen LogP) is 1.63. The zero-order valence-electron chi connectivity index (χ0n) is 11.5. The number of nitrogens with zero attached hydrogens (tertiary/aromatic N) is 1. The molecule has 0 spiro atoms. The van der Waals surface area contributed by atoms with Crippen molar-refractivity contribution < 1.29 is 14.6 Å². The topological polar surface area (TPSA) is 82.9 Å². The average Bonchev–Trinajstić information content (AvgIpc) is 2.86. The summed E-state index contributed by atoms with van der Waals surface area (Å²) in [6.07, 6.45) is 0. The lowest BCUT2D eigenvalue weighted by Gasteiger charge is -2.23. The van der Waals surface area contributed by atoms with Crippen molar-refractivity contribution in [2.75, 3.05) is 36.9 Å². The van der Waals surface area contributed by atoms with Gasteiger partial charge in [0.2, 0.25) is 0 Å². The van der Waals surface area contributed by atoms with Gasteiger partial charge in [0.05, 0.1) is 13.2 Å². The first-order valence-corrected chi connectivity index (χ1v) is 6.58. The van der Waals surface area contributed by atoms with Crippen LogP contribution in [0.1, 0.15) is 5.76 Å². The molecule has 2 aromatic rings. The number of hydrogen-bond acceptors (Lipinski definition) is 5. The van der Waals surface area contributed by atoms with Crippen molar-refractivity contribution >= 4 is 11.4 Å². The zero-order chi connectivity index (χ0) is 14.5. The molecule has 0 aliphatic carbocycles. The number of nitrogen functional groups attached to an aromatic ring is 1. The van der Waals surface area contributed by atoms with E-state index in [1.807, 2.05) is 42.2 Å². The van der Waals surface area contributed by atoms with E-state index in [-0.39, 0.29) is 13.2 Å². The van der Waals surface area contributed by atoms with Gasteiger partial charge in [0.25, 0.3) is 0 Å². The van der Waals surface area contributed by atoms with Gasteiger partial charge in [-0.3, -0.25) is 0 Å². The van der Waals surface area contributed by atoms with Crippen LogP contribution in [0.3, 0.4) is 0 Å². The summed E-state index contributed by atoms with van der Waals surface area (Å²) in [4.78, 5) is 1.90. The first-order chi connectivity index (χ1) is 9.65. The molecule has 0 fully saturated rings. The van der Waals surface area contributed by atoms with Crippen LogP contribution in [0.5, 0.6) is 0 Å². The fourth-order valence-corrected chi connectivity index (χ4v) is 2.15. The number of anilines is 2. The first-order valence-electron chi connectivity index (χ1n) is 6.58. The summed E-state index contributed by atoms with van der Waals surface area (Å²) < 4.78 is 5.61. The third-order valence-electron chi connectivity index (χ3n) is 3.15. The van der Waals surface area contributed by atoms with Crippen LogP contribution in [0.15, 0.2) is 34.7 Å². The average molecular weight is 276 g/mol. The molecule has 0 aliphatic heterocycles. The van der Waals surface area contributed by atoms with E-state index < -0.39 is 0 Å². The van der Waals surface area contributed by atoms with E-state index in [0.717, 1.165) is 22.8 Å². The second-order valence-corrected chi connectivity index (χ2v) is 4.62. The molecule has 0 bridgehead atoms. The molecule has 0 unspecified atom stereocenters. The second-order valence-electron chi connectivity index (χ2n) is 4.62.